The average molecular weight is 328 g/mol. The van der Waals surface area contributed by atoms with E-state index in [9.17, 15) is 14.4 Å². The van der Waals surface area contributed by atoms with Crippen molar-refractivity contribution in [3.8, 4) is 0 Å². The Labute approximate surface area is 137 Å². The molecule has 0 aromatic rings. The molecule has 0 saturated heterocycles. The van der Waals surface area contributed by atoms with Gasteiger partial charge in [0.05, 0.1) is 0 Å². The molecule has 0 aliphatic heterocycles. The minimum Gasteiger partial charge on any atom is -0.449 e. The molecule has 0 heterocycles. The summed E-state index contributed by atoms with van der Waals surface area (Å²) in [6.07, 6.45) is 8.04. The van der Waals surface area contributed by atoms with Gasteiger partial charge in [-0.05, 0) is 26.7 Å². The molecule has 0 radical (unpaired) electrons. The van der Waals surface area contributed by atoms with Crippen molar-refractivity contribution >= 4 is 17.9 Å². The minimum absolute atomic E-state index is 0.752. The number of hydrogen-bond acceptors (Lipinski definition) is 6. The molecular formula is C17H28O6. The second-order valence-electron chi connectivity index (χ2n) is 5.45. The van der Waals surface area contributed by atoms with Crippen molar-refractivity contribution in [1.82, 2.24) is 0 Å². The molecular weight excluding hydrogens is 300 g/mol. The smallest absolute Gasteiger partial charge is 0.355 e. The normalized spacial score (nSPS) is 13.6. The summed E-state index contributed by atoms with van der Waals surface area (Å²) in [5.41, 5.74) is 0. The molecule has 0 bridgehead atoms. The minimum atomic E-state index is -1.34. The van der Waals surface area contributed by atoms with Gasteiger partial charge in [-0.2, -0.15) is 0 Å². The van der Waals surface area contributed by atoms with Crippen molar-refractivity contribution in [2.45, 2.75) is 77.9 Å². The van der Waals surface area contributed by atoms with Crippen LogP contribution in [0.2, 0.25) is 0 Å². The standard InChI is InChI=1S/C17H28O6/c1-4-5-6-7-8-9-10-11-12-15(19)23-17(21)14(3)22-16(20)13(2)18/h11-14,18H,4-10H2,1-3H3. The van der Waals surface area contributed by atoms with Crippen LogP contribution in [0, 0.1) is 0 Å². The van der Waals surface area contributed by atoms with Gasteiger partial charge in [-0.25, -0.2) is 14.4 Å². The zero-order chi connectivity index (χ0) is 17.7. The number of aliphatic hydroxyl groups excluding tert-OH is 1. The Bertz CT molecular complexity index is 400. The van der Waals surface area contributed by atoms with Crippen molar-refractivity contribution in [1.29, 1.82) is 0 Å². The zero-order valence-electron chi connectivity index (χ0n) is 14.2. The maximum Gasteiger partial charge on any atom is 0.355 e. The number of allylic oxidation sites excluding steroid dienone is 1. The summed E-state index contributed by atoms with van der Waals surface area (Å²) in [5.74, 6) is -2.70. The molecule has 2 atom stereocenters. The van der Waals surface area contributed by atoms with E-state index in [-0.39, 0.29) is 0 Å². The summed E-state index contributed by atoms with van der Waals surface area (Å²) in [7, 11) is 0. The van der Waals surface area contributed by atoms with Crippen LogP contribution in [0.5, 0.6) is 0 Å². The monoisotopic (exact) mass is 328 g/mol. The first-order chi connectivity index (χ1) is 10.9. The molecule has 2 unspecified atom stereocenters. The molecule has 23 heavy (non-hydrogen) atoms. The molecule has 0 aliphatic rings. The van der Waals surface area contributed by atoms with Gasteiger partial charge in [-0.3, -0.25) is 0 Å². The van der Waals surface area contributed by atoms with Gasteiger partial charge in [0, 0.05) is 6.08 Å². The predicted molar refractivity (Wildman–Crippen MR) is 85.5 cm³/mol. The van der Waals surface area contributed by atoms with Gasteiger partial charge in [0.1, 0.15) is 6.10 Å². The van der Waals surface area contributed by atoms with Crippen molar-refractivity contribution in [3.05, 3.63) is 12.2 Å². The van der Waals surface area contributed by atoms with E-state index < -0.39 is 30.1 Å². The van der Waals surface area contributed by atoms with Gasteiger partial charge in [0.15, 0.2) is 6.10 Å². The Balaban J connectivity index is 3.89. The number of ether oxygens (including phenoxy) is 2. The Morgan fingerprint density at radius 2 is 1.61 bits per heavy atom. The van der Waals surface area contributed by atoms with Crippen molar-refractivity contribution in [2.75, 3.05) is 0 Å². The zero-order valence-corrected chi connectivity index (χ0v) is 14.2. The summed E-state index contributed by atoms with van der Waals surface area (Å²) in [5, 5.41) is 8.96. The van der Waals surface area contributed by atoms with Crippen LogP contribution >= 0.6 is 0 Å². The molecule has 0 spiro atoms. The predicted octanol–water partition coefficient (Wildman–Crippen LogP) is 2.68. The number of aliphatic hydroxyl groups is 1. The van der Waals surface area contributed by atoms with E-state index in [1.807, 2.05) is 0 Å². The van der Waals surface area contributed by atoms with Crippen molar-refractivity contribution in [3.63, 3.8) is 0 Å². The van der Waals surface area contributed by atoms with Crippen molar-refractivity contribution < 1.29 is 29.0 Å². The maximum absolute atomic E-state index is 11.5. The second kappa shape index (κ2) is 12.8. The fourth-order valence-electron chi connectivity index (χ4n) is 1.76. The number of carbonyl (C=O) groups excluding carboxylic acids is 3. The molecule has 0 aliphatic carbocycles. The summed E-state index contributed by atoms with van der Waals surface area (Å²) in [6.45, 7) is 4.66. The first-order valence-electron chi connectivity index (χ1n) is 8.19. The Morgan fingerprint density at radius 3 is 2.22 bits per heavy atom. The van der Waals surface area contributed by atoms with E-state index in [0.717, 1.165) is 19.3 Å². The number of carbonyl (C=O) groups is 3. The fourth-order valence-corrected chi connectivity index (χ4v) is 1.76. The first kappa shape index (κ1) is 21.3. The summed E-state index contributed by atoms with van der Waals surface area (Å²) >= 11 is 0. The van der Waals surface area contributed by atoms with Crippen LogP contribution in [0.3, 0.4) is 0 Å². The van der Waals surface area contributed by atoms with Crippen LogP contribution in [0.25, 0.3) is 0 Å². The lowest BCUT2D eigenvalue weighted by Crippen LogP contribution is -2.31. The fraction of sp³-hybridized carbons (Fsp3) is 0.706. The van der Waals surface area contributed by atoms with E-state index >= 15 is 0 Å². The van der Waals surface area contributed by atoms with E-state index in [4.69, 9.17) is 5.11 Å². The van der Waals surface area contributed by atoms with E-state index in [2.05, 4.69) is 16.4 Å². The molecule has 6 nitrogen and oxygen atoms in total. The summed E-state index contributed by atoms with van der Waals surface area (Å²) in [4.78, 5) is 34.0. The molecule has 0 rings (SSSR count). The van der Waals surface area contributed by atoms with Crippen molar-refractivity contribution in [2.24, 2.45) is 0 Å². The molecule has 0 aromatic heterocycles. The highest BCUT2D eigenvalue weighted by molar-refractivity contribution is 5.94. The molecule has 0 fully saturated rings. The third-order valence-corrected chi connectivity index (χ3v) is 3.15. The van der Waals surface area contributed by atoms with Crippen LogP contribution in [-0.4, -0.2) is 35.2 Å². The van der Waals surface area contributed by atoms with Crippen LogP contribution in [0.15, 0.2) is 12.2 Å². The Kier molecular flexibility index (Phi) is 11.9. The third kappa shape index (κ3) is 11.5. The maximum atomic E-state index is 11.5. The number of rotatable bonds is 11. The summed E-state index contributed by atoms with van der Waals surface area (Å²) in [6, 6.07) is 0. The summed E-state index contributed by atoms with van der Waals surface area (Å²) < 4.78 is 9.15. The van der Waals surface area contributed by atoms with Gasteiger partial charge in [-0.15, -0.1) is 0 Å². The molecule has 0 aromatic carbocycles. The molecule has 0 amide bonds. The lowest BCUT2D eigenvalue weighted by Gasteiger charge is -2.12. The lowest BCUT2D eigenvalue weighted by molar-refractivity contribution is -0.174. The quantitative estimate of drug-likeness (QED) is 0.271. The molecule has 132 valence electrons. The third-order valence-electron chi connectivity index (χ3n) is 3.15. The van der Waals surface area contributed by atoms with Gasteiger partial charge < -0.3 is 14.6 Å². The van der Waals surface area contributed by atoms with Gasteiger partial charge in [-0.1, -0.05) is 45.1 Å². The Morgan fingerprint density at radius 1 is 1.00 bits per heavy atom. The number of unbranched alkanes of at least 4 members (excludes halogenated alkanes) is 6. The molecule has 6 heteroatoms. The second-order valence-corrected chi connectivity index (χ2v) is 5.45. The first-order valence-corrected chi connectivity index (χ1v) is 8.19. The highest BCUT2D eigenvalue weighted by Gasteiger charge is 2.23. The van der Waals surface area contributed by atoms with E-state index in [1.165, 1.54) is 45.6 Å². The number of hydrogen-bond donors (Lipinski definition) is 1. The lowest BCUT2D eigenvalue weighted by atomic mass is 10.1. The van der Waals surface area contributed by atoms with Crippen LogP contribution in [0.4, 0.5) is 0 Å². The SMILES string of the molecule is CCCCCCCCC=CC(=O)OC(=O)C(C)OC(=O)C(C)O. The highest BCUT2D eigenvalue weighted by Crippen LogP contribution is 2.07. The molecule has 0 saturated carbocycles. The van der Waals surface area contributed by atoms with Gasteiger partial charge >= 0.3 is 17.9 Å². The van der Waals surface area contributed by atoms with E-state index in [1.54, 1.807) is 6.08 Å². The molecule has 1 N–H and O–H groups in total. The van der Waals surface area contributed by atoms with E-state index in [0.29, 0.717) is 0 Å². The van der Waals surface area contributed by atoms with Gasteiger partial charge in [0.25, 0.3) is 0 Å². The topological polar surface area (TPSA) is 89.9 Å². The van der Waals surface area contributed by atoms with Crippen LogP contribution in [-0.2, 0) is 23.9 Å². The largest absolute Gasteiger partial charge is 0.449 e. The van der Waals surface area contributed by atoms with Crippen LogP contribution in [0.1, 0.15) is 65.7 Å². The Hall–Kier alpha value is -1.69. The highest BCUT2D eigenvalue weighted by atomic mass is 16.6. The number of esters is 3. The van der Waals surface area contributed by atoms with Crippen LogP contribution < -0.4 is 0 Å². The average Bonchev–Trinajstić information content (AvgIpc) is 2.49. The van der Waals surface area contributed by atoms with Gasteiger partial charge in [0.2, 0.25) is 0 Å².